The van der Waals surface area contributed by atoms with Crippen LogP contribution in [0.3, 0.4) is 0 Å². The van der Waals surface area contributed by atoms with Crippen molar-refractivity contribution in [1.29, 1.82) is 0 Å². The molecule has 0 saturated carbocycles. The Balaban J connectivity index is 1.96. The fourth-order valence-electron chi connectivity index (χ4n) is 2.51. The predicted molar refractivity (Wildman–Crippen MR) is 63.8 cm³/mol. The van der Waals surface area contributed by atoms with Gasteiger partial charge in [-0.25, -0.2) is 4.79 Å². The largest absolute Gasteiger partial charge is 0.357 e. The van der Waals surface area contributed by atoms with Crippen LogP contribution in [-0.4, -0.2) is 36.2 Å². The van der Waals surface area contributed by atoms with Crippen molar-refractivity contribution in [1.82, 2.24) is 10.2 Å². The number of nitrogens with zero attached hydrogens (tertiary/aromatic N) is 1. The first-order valence-corrected chi connectivity index (χ1v) is 6.05. The van der Waals surface area contributed by atoms with Crippen LogP contribution in [0.15, 0.2) is 30.3 Å². The molecule has 0 aliphatic carbocycles. The maximum atomic E-state index is 12.0. The van der Waals surface area contributed by atoms with Gasteiger partial charge < -0.3 is 4.74 Å². The van der Waals surface area contributed by atoms with Crippen molar-refractivity contribution >= 4 is 11.9 Å². The lowest BCUT2D eigenvalue weighted by molar-refractivity contribution is -0.141. The van der Waals surface area contributed by atoms with Gasteiger partial charge in [0.25, 0.3) is 0 Å². The number of urea groups is 1. The molecule has 0 aromatic heterocycles. The van der Waals surface area contributed by atoms with Crippen LogP contribution in [-0.2, 0) is 9.53 Å². The molecule has 3 amide bonds. The van der Waals surface area contributed by atoms with Gasteiger partial charge in [0.2, 0.25) is 5.91 Å². The Morgan fingerprint density at radius 1 is 1.22 bits per heavy atom. The monoisotopic (exact) mass is 246 g/mol. The highest BCUT2D eigenvalue weighted by molar-refractivity contribution is 6.00. The van der Waals surface area contributed by atoms with Crippen molar-refractivity contribution in [2.75, 3.05) is 13.2 Å². The van der Waals surface area contributed by atoms with Crippen LogP contribution < -0.4 is 5.32 Å². The Labute approximate surface area is 105 Å². The second kappa shape index (κ2) is 4.42. The highest BCUT2D eigenvalue weighted by atomic mass is 16.5. The maximum Gasteiger partial charge on any atom is 0.326 e. The molecule has 1 N–H and O–H groups in total. The van der Waals surface area contributed by atoms with Gasteiger partial charge in [0, 0.05) is 6.54 Å². The van der Waals surface area contributed by atoms with E-state index in [4.69, 9.17) is 4.74 Å². The number of hydrogen-bond acceptors (Lipinski definition) is 3. The standard InChI is InChI=1S/C13H14N2O3/c16-11-10(9-5-2-1-3-6-9)12-15(13(17)14-11)7-4-8-18-12/h1-3,5-6,10,12H,4,7-8H2,(H,14,16,17)/t10-,12+/m0/s1. The van der Waals surface area contributed by atoms with E-state index in [1.165, 1.54) is 0 Å². The average Bonchev–Trinajstić information content (AvgIpc) is 2.40. The topological polar surface area (TPSA) is 58.6 Å². The van der Waals surface area contributed by atoms with E-state index in [0.29, 0.717) is 13.2 Å². The molecule has 2 fully saturated rings. The van der Waals surface area contributed by atoms with Crippen LogP contribution >= 0.6 is 0 Å². The first-order chi connectivity index (χ1) is 8.77. The lowest BCUT2D eigenvalue weighted by Crippen LogP contribution is -2.61. The third-order valence-electron chi connectivity index (χ3n) is 3.36. The molecule has 0 unspecified atom stereocenters. The van der Waals surface area contributed by atoms with Gasteiger partial charge in [0.1, 0.15) is 12.1 Å². The minimum atomic E-state index is -0.470. The zero-order valence-electron chi connectivity index (χ0n) is 9.83. The normalized spacial score (nSPS) is 27.7. The highest BCUT2D eigenvalue weighted by Gasteiger charge is 2.44. The number of nitrogens with one attached hydrogen (secondary N) is 1. The summed E-state index contributed by atoms with van der Waals surface area (Å²) in [4.78, 5) is 25.4. The summed E-state index contributed by atoms with van der Waals surface area (Å²) < 4.78 is 5.63. The minimum Gasteiger partial charge on any atom is -0.357 e. The SMILES string of the molecule is O=C1NC(=O)N2CCCO[C@@H]2[C@H]1c1ccccc1. The van der Waals surface area contributed by atoms with Gasteiger partial charge in [-0.2, -0.15) is 0 Å². The number of amides is 3. The van der Waals surface area contributed by atoms with Crippen LogP contribution in [0.25, 0.3) is 0 Å². The lowest BCUT2D eigenvalue weighted by atomic mass is 9.93. The minimum absolute atomic E-state index is 0.283. The van der Waals surface area contributed by atoms with Crippen molar-refractivity contribution < 1.29 is 14.3 Å². The Kier molecular flexibility index (Phi) is 2.76. The molecular formula is C13H14N2O3. The number of rotatable bonds is 1. The van der Waals surface area contributed by atoms with Crippen molar-refractivity contribution in [2.45, 2.75) is 18.6 Å². The summed E-state index contributed by atoms with van der Waals surface area (Å²) in [6, 6.07) is 9.08. The zero-order valence-corrected chi connectivity index (χ0v) is 9.83. The van der Waals surface area contributed by atoms with Crippen molar-refractivity contribution in [3.63, 3.8) is 0 Å². The van der Waals surface area contributed by atoms with E-state index < -0.39 is 12.1 Å². The fraction of sp³-hybridized carbons (Fsp3) is 0.385. The van der Waals surface area contributed by atoms with Crippen molar-refractivity contribution in [3.05, 3.63) is 35.9 Å². The molecule has 18 heavy (non-hydrogen) atoms. The summed E-state index contributed by atoms with van der Waals surface area (Å²) in [7, 11) is 0. The quantitative estimate of drug-likeness (QED) is 0.806. The Hall–Kier alpha value is -1.88. The highest BCUT2D eigenvalue weighted by Crippen LogP contribution is 2.30. The van der Waals surface area contributed by atoms with Gasteiger partial charge in [-0.05, 0) is 12.0 Å². The first-order valence-electron chi connectivity index (χ1n) is 6.05. The van der Waals surface area contributed by atoms with Crippen LogP contribution in [0.4, 0.5) is 4.79 Å². The molecule has 0 spiro atoms. The molecule has 2 heterocycles. The molecule has 94 valence electrons. The molecule has 1 aromatic rings. The summed E-state index contributed by atoms with van der Waals surface area (Å²) in [6.07, 6.45) is 0.335. The van der Waals surface area contributed by atoms with E-state index in [1.54, 1.807) is 4.90 Å². The fourth-order valence-corrected chi connectivity index (χ4v) is 2.51. The molecule has 1 aromatic carbocycles. The number of carbonyl (C=O) groups excluding carboxylic acids is 2. The van der Waals surface area contributed by atoms with Gasteiger partial charge in [0.05, 0.1) is 6.61 Å². The van der Waals surface area contributed by atoms with Gasteiger partial charge in [0.15, 0.2) is 0 Å². The van der Waals surface area contributed by atoms with E-state index in [-0.39, 0.29) is 11.9 Å². The van der Waals surface area contributed by atoms with E-state index in [1.807, 2.05) is 30.3 Å². The van der Waals surface area contributed by atoms with Crippen LogP contribution in [0, 0.1) is 0 Å². The van der Waals surface area contributed by atoms with E-state index in [2.05, 4.69) is 5.32 Å². The predicted octanol–water partition coefficient (Wildman–Crippen LogP) is 1.07. The number of ether oxygens (including phenoxy) is 1. The second-order valence-electron chi connectivity index (χ2n) is 4.49. The van der Waals surface area contributed by atoms with Crippen molar-refractivity contribution in [3.8, 4) is 0 Å². The number of carbonyl (C=O) groups is 2. The van der Waals surface area contributed by atoms with Gasteiger partial charge in [-0.15, -0.1) is 0 Å². The lowest BCUT2D eigenvalue weighted by Gasteiger charge is -2.42. The van der Waals surface area contributed by atoms with Gasteiger partial charge in [-0.1, -0.05) is 30.3 Å². The summed E-state index contributed by atoms with van der Waals surface area (Å²) in [5.41, 5.74) is 0.874. The summed E-state index contributed by atoms with van der Waals surface area (Å²) in [5, 5.41) is 2.40. The van der Waals surface area contributed by atoms with Gasteiger partial charge >= 0.3 is 6.03 Å². The summed E-state index contributed by atoms with van der Waals surface area (Å²) >= 11 is 0. The van der Waals surface area contributed by atoms with Crippen LogP contribution in [0.2, 0.25) is 0 Å². The molecule has 5 nitrogen and oxygen atoms in total. The molecule has 3 rings (SSSR count). The van der Waals surface area contributed by atoms with Crippen LogP contribution in [0.1, 0.15) is 17.9 Å². The molecule has 2 aliphatic rings. The van der Waals surface area contributed by atoms with E-state index in [0.717, 1.165) is 12.0 Å². The summed E-state index contributed by atoms with van der Waals surface area (Å²) in [6.45, 7) is 1.22. The Morgan fingerprint density at radius 3 is 2.78 bits per heavy atom. The average molecular weight is 246 g/mol. The van der Waals surface area contributed by atoms with Crippen LogP contribution in [0.5, 0.6) is 0 Å². The molecule has 0 radical (unpaired) electrons. The van der Waals surface area contributed by atoms with Crippen molar-refractivity contribution in [2.24, 2.45) is 0 Å². The smallest absolute Gasteiger partial charge is 0.326 e. The first kappa shape index (κ1) is 11.2. The third-order valence-corrected chi connectivity index (χ3v) is 3.36. The number of imide groups is 1. The number of fused-ring (bicyclic) bond motifs is 1. The number of benzene rings is 1. The molecule has 2 saturated heterocycles. The van der Waals surface area contributed by atoms with E-state index >= 15 is 0 Å². The summed E-state index contributed by atoms with van der Waals surface area (Å²) in [5.74, 6) is -0.724. The Morgan fingerprint density at radius 2 is 2.00 bits per heavy atom. The molecular weight excluding hydrogens is 232 g/mol. The third kappa shape index (κ3) is 1.76. The zero-order chi connectivity index (χ0) is 12.5. The molecule has 5 heteroatoms. The second-order valence-corrected chi connectivity index (χ2v) is 4.49. The maximum absolute atomic E-state index is 12.0. The Bertz CT molecular complexity index is 474. The molecule has 2 aliphatic heterocycles. The van der Waals surface area contributed by atoms with Gasteiger partial charge in [-0.3, -0.25) is 15.0 Å². The molecule has 0 bridgehead atoms. The number of hydrogen-bond donors (Lipinski definition) is 1. The molecule has 2 atom stereocenters. The van der Waals surface area contributed by atoms with E-state index in [9.17, 15) is 9.59 Å².